The van der Waals surface area contributed by atoms with E-state index in [4.69, 9.17) is 19.1 Å². The predicted molar refractivity (Wildman–Crippen MR) is 141 cm³/mol. The second-order valence-electron chi connectivity index (χ2n) is 9.58. The van der Waals surface area contributed by atoms with Gasteiger partial charge in [-0.25, -0.2) is 15.0 Å². The third-order valence-electron chi connectivity index (χ3n) is 7.30. The van der Waals surface area contributed by atoms with Gasteiger partial charge >= 0.3 is 0 Å². The molecule has 3 aliphatic rings. The zero-order valence-corrected chi connectivity index (χ0v) is 20.9. The molecule has 186 valence electrons. The van der Waals surface area contributed by atoms with Gasteiger partial charge in [-0.2, -0.15) is 0 Å². The van der Waals surface area contributed by atoms with Crippen molar-refractivity contribution in [3.05, 3.63) is 41.6 Å². The van der Waals surface area contributed by atoms with Gasteiger partial charge in [-0.05, 0) is 29.7 Å². The number of pyridine rings is 1. The molecule has 2 saturated heterocycles. The van der Waals surface area contributed by atoms with E-state index in [1.807, 2.05) is 6.20 Å². The van der Waals surface area contributed by atoms with Gasteiger partial charge in [0.05, 0.1) is 18.6 Å². The lowest BCUT2D eigenvalue weighted by molar-refractivity contribution is 0.122. The molecule has 1 N–H and O–H groups in total. The lowest BCUT2D eigenvalue weighted by Crippen LogP contribution is -2.39. The van der Waals surface area contributed by atoms with Crippen molar-refractivity contribution in [3.63, 3.8) is 0 Å². The number of hydrogen-bond acceptors (Lipinski definition) is 9. The maximum Gasteiger partial charge on any atom is 0.229 e. The fraction of sp³-hybridized carbons (Fsp3) is 0.423. The zero-order chi connectivity index (χ0) is 24.1. The smallest absolute Gasteiger partial charge is 0.229 e. The number of ether oxygens (including phenoxy) is 1. The van der Waals surface area contributed by atoms with Gasteiger partial charge < -0.3 is 23.9 Å². The third-order valence-corrected chi connectivity index (χ3v) is 8.58. The van der Waals surface area contributed by atoms with Gasteiger partial charge in [0.15, 0.2) is 17.2 Å². The summed E-state index contributed by atoms with van der Waals surface area (Å²) < 4.78 is 23.7. The summed E-state index contributed by atoms with van der Waals surface area (Å²) in [6, 6.07) is 8.44. The lowest BCUT2D eigenvalue weighted by atomic mass is 10.0. The molecule has 2 fully saturated rings. The van der Waals surface area contributed by atoms with Crippen LogP contribution in [0.25, 0.3) is 33.6 Å². The van der Waals surface area contributed by atoms with Crippen LogP contribution in [0.1, 0.15) is 11.1 Å². The molecule has 7 rings (SSSR count). The highest BCUT2D eigenvalue weighted by Gasteiger charge is 2.26. The SMILES string of the molecule is [O-][S+]1CCN(Cc2cnc3oc4c(N5CCOCC5)nc(-c5cccc6c5CCN6)nc4c3c2)CC1. The number of nitrogens with one attached hydrogen (secondary N) is 1. The molecule has 0 aliphatic carbocycles. The number of hydrogen-bond donors (Lipinski definition) is 1. The first-order valence-electron chi connectivity index (χ1n) is 12.6. The van der Waals surface area contributed by atoms with E-state index < -0.39 is 11.2 Å². The normalized spacial score (nSPS) is 19.2. The van der Waals surface area contributed by atoms with Crippen molar-refractivity contribution in [1.82, 2.24) is 19.9 Å². The molecule has 10 heteroatoms. The van der Waals surface area contributed by atoms with Gasteiger partial charge in [0, 0.05) is 56.7 Å². The third kappa shape index (κ3) is 3.98. The Bertz CT molecular complexity index is 1430. The Morgan fingerprint density at radius 3 is 2.81 bits per heavy atom. The number of morpholine rings is 1. The van der Waals surface area contributed by atoms with Crippen LogP contribution in [0, 0.1) is 0 Å². The first-order chi connectivity index (χ1) is 17.7. The van der Waals surface area contributed by atoms with Gasteiger partial charge in [-0.15, -0.1) is 0 Å². The molecule has 36 heavy (non-hydrogen) atoms. The van der Waals surface area contributed by atoms with E-state index in [0.29, 0.717) is 24.5 Å². The molecule has 3 aromatic heterocycles. The molecule has 0 unspecified atom stereocenters. The molecule has 0 spiro atoms. The molecule has 4 aromatic rings. The number of fused-ring (bicyclic) bond motifs is 4. The highest BCUT2D eigenvalue weighted by Crippen LogP contribution is 2.37. The quantitative estimate of drug-likeness (QED) is 0.420. The van der Waals surface area contributed by atoms with E-state index in [1.54, 1.807) is 0 Å². The Morgan fingerprint density at radius 1 is 1.08 bits per heavy atom. The number of rotatable bonds is 4. The van der Waals surface area contributed by atoms with E-state index in [9.17, 15) is 4.55 Å². The van der Waals surface area contributed by atoms with Crippen molar-refractivity contribution in [1.29, 1.82) is 0 Å². The van der Waals surface area contributed by atoms with Gasteiger partial charge in [0.25, 0.3) is 0 Å². The Kier molecular flexibility index (Phi) is 5.69. The monoisotopic (exact) mass is 504 g/mol. The van der Waals surface area contributed by atoms with Crippen LogP contribution in [0.4, 0.5) is 11.5 Å². The molecule has 3 aliphatic heterocycles. The van der Waals surface area contributed by atoms with Crippen molar-refractivity contribution in [2.75, 3.05) is 67.7 Å². The van der Waals surface area contributed by atoms with Crippen LogP contribution < -0.4 is 10.2 Å². The van der Waals surface area contributed by atoms with Gasteiger partial charge in [-0.3, -0.25) is 4.90 Å². The van der Waals surface area contributed by atoms with Crippen molar-refractivity contribution in [2.45, 2.75) is 13.0 Å². The van der Waals surface area contributed by atoms with Crippen molar-refractivity contribution < 1.29 is 13.7 Å². The molecular weight excluding hydrogens is 476 g/mol. The number of anilines is 2. The number of nitrogens with zero attached hydrogens (tertiary/aromatic N) is 5. The van der Waals surface area contributed by atoms with Crippen LogP contribution in [0.3, 0.4) is 0 Å². The Labute approximate surface area is 212 Å². The van der Waals surface area contributed by atoms with Crippen LogP contribution in [-0.2, 0) is 28.9 Å². The summed E-state index contributed by atoms with van der Waals surface area (Å²) in [7, 11) is 0. The van der Waals surface area contributed by atoms with E-state index in [-0.39, 0.29) is 0 Å². The summed E-state index contributed by atoms with van der Waals surface area (Å²) >= 11 is -0.687. The highest BCUT2D eigenvalue weighted by molar-refractivity contribution is 7.91. The first-order valence-corrected chi connectivity index (χ1v) is 14.1. The maximum atomic E-state index is 11.8. The molecule has 0 amide bonds. The number of benzene rings is 1. The molecule has 6 heterocycles. The molecule has 0 bridgehead atoms. The summed E-state index contributed by atoms with van der Waals surface area (Å²) in [6.45, 7) is 6.23. The average molecular weight is 505 g/mol. The van der Waals surface area contributed by atoms with E-state index in [1.165, 1.54) is 5.56 Å². The standard InChI is InChI=1S/C26H28N6O3S/c33-36-12-8-31(9-13-36)16-17-14-20-22-23(35-26(20)28-15-17)25(32-6-10-34-11-7-32)30-24(29-22)19-2-1-3-21-18(19)4-5-27-21/h1-3,14-15,27H,4-13,16H2. The number of furan rings is 1. The van der Waals surface area contributed by atoms with Crippen molar-refractivity contribution in [2.24, 2.45) is 0 Å². The molecule has 0 saturated carbocycles. The fourth-order valence-corrected chi connectivity index (χ4v) is 6.53. The van der Waals surface area contributed by atoms with Crippen molar-refractivity contribution in [3.8, 4) is 11.4 Å². The summed E-state index contributed by atoms with van der Waals surface area (Å²) in [4.78, 5) is 19.4. The minimum absolute atomic E-state index is 0.578. The lowest BCUT2D eigenvalue weighted by Gasteiger charge is -2.28. The minimum Gasteiger partial charge on any atom is -0.616 e. The van der Waals surface area contributed by atoms with Gasteiger partial charge in [-0.1, -0.05) is 23.3 Å². The Morgan fingerprint density at radius 2 is 1.94 bits per heavy atom. The van der Waals surface area contributed by atoms with Crippen LogP contribution in [0.5, 0.6) is 0 Å². The Hall–Kier alpha value is -2.92. The topological polar surface area (TPSA) is 103 Å². The second-order valence-corrected chi connectivity index (χ2v) is 11.3. The van der Waals surface area contributed by atoms with E-state index in [2.05, 4.69) is 44.4 Å². The average Bonchev–Trinajstić information content (AvgIpc) is 3.54. The maximum absolute atomic E-state index is 11.8. The second kappa shape index (κ2) is 9.19. The van der Waals surface area contributed by atoms with Gasteiger partial charge in [0.1, 0.15) is 17.0 Å². The van der Waals surface area contributed by atoms with E-state index >= 15 is 0 Å². The van der Waals surface area contributed by atoms with Gasteiger partial charge in [0.2, 0.25) is 5.71 Å². The highest BCUT2D eigenvalue weighted by atomic mass is 32.2. The summed E-state index contributed by atoms with van der Waals surface area (Å²) in [6.07, 6.45) is 2.84. The Balaban J connectivity index is 1.36. The summed E-state index contributed by atoms with van der Waals surface area (Å²) in [5, 5.41) is 4.37. The molecule has 1 aromatic carbocycles. The van der Waals surface area contributed by atoms with E-state index in [0.717, 1.165) is 96.6 Å². The van der Waals surface area contributed by atoms with Crippen LogP contribution in [-0.4, -0.2) is 81.8 Å². The molecule has 0 atom stereocenters. The molecule has 9 nitrogen and oxygen atoms in total. The van der Waals surface area contributed by atoms with Crippen LogP contribution >= 0.6 is 0 Å². The predicted octanol–water partition coefficient (Wildman–Crippen LogP) is 2.81. The minimum atomic E-state index is -0.687. The fourth-order valence-electron chi connectivity index (χ4n) is 5.40. The largest absolute Gasteiger partial charge is 0.616 e. The molecular formula is C26H28N6O3S. The summed E-state index contributed by atoms with van der Waals surface area (Å²) in [5.74, 6) is 3.00. The summed E-state index contributed by atoms with van der Waals surface area (Å²) in [5.41, 5.74) is 6.65. The first kappa shape index (κ1) is 22.3. The zero-order valence-electron chi connectivity index (χ0n) is 20.0. The molecule has 0 radical (unpaired) electrons. The van der Waals surface area contributed by atoms with Crippen molar-refractivity contribution >= 4 is 44.9 Å². The van der Waals surface area contributed by atoms with Crippen LogP contribution in [0.2, 0.25) is 0 Å². The number of aromatic nitrogens is 3. The van der Waals surface area contributed by atoms with Crippen LogP contribution in [0.15, 0.2) is 34.9 Å².